The zero-order valence-electron chi connectivity index (χ0n) is 11.5. The molecule has 0 spiro atoms. The summed E-state index contributed by atoms with van der Waals surface area (Å²) in [5.74, 6) is -0.0333. The molecule has 6 nitrogen and oxygen atoms in total. The van der Waals surface area contributed by atoms with Gasteiger partial charge in [0.1, 0.15) is 5.82 Å². The first-order valence-electron chi connectivity index (χ1n) is 7.03. The molecule has 0 radical (unpaired) electrons. The molecule has 1 aliphatic heterocycles. The second kappa shape index (κ2) is 4.70. The molecule has 0 unspecified atom stereocenters. The fourth-order valence-corrected chi connectivity index (χ4v) is 3.24. The maximum Gasteiger partial charge on any atom is 0.356 e. The fourth-order valence-electron chi connectivity index (χ4n) is 3.24. The molecule has 6 heteroatoms. The van der Waals surface area contributed by atoms with Crippen LogP contribution in [0.3, 0.4) is 0 Å². The number of carbonyl (C=O) groups is 1. The monoisotopic (exact) mass is 277 g/mol. The molecule has 1 saturated carbocycles. The lowest BCUT2D eigenvalue weighted by Gasteiger charge is -2.41. The molecule has 0 aromatic carbocycles. The van der Waals surface area contributed by atoms with E-state index in [-0.39, 0.29) is 11.6 Å². The smallest absolute Gasteiger partial charge is 0.356 e. The minimum atomic E-state index is -1.08. The molecule has 0 bridgehead atoms. The summed E-state index contributed by atoms with van der Waals surface area (Å²) in [5.41, 5.74) is -0.742. The van der Waals surface area contributed by atoms with Gasteiger partial charge in [-0.2, -0.15) is 0 Å². The Morgan fingerprint density at radius 3 is 2.80 bits per heavy atom. The van der Waals surface area contributed by atoms with Crippen molar-refractivity contribution in [2.45, 2.75) is 31.8 Å². The van der Waals surface area contributed by atoms with E-state index in [0.29, 0.717) is 24.8 Å². The molecule has 2 atom stereocenters. The summed E-state index contributed by atoms with van der Waals surface area (Å²) >= 11 is 0. The van der Waals surface area contributed by atoms with E-state index in [9.17, 15) is 9.90 Å². The Bertz CT molecular complexity index is 532. The third-order valence-electron chi connectivity index (χ3n) is 4.77. The third-order valence-corrected chi connectivity index (χ3v) is 4.77. The van der Waals surface area contributed by atoms with Gasteiger partial charge in [0.15, 0.2) is 5.69 Å². The number of carboxylic acids is 1. The van der Waals surface area contributed by atoms with E-state index in [1.165, 1.54) is 12.6 Å². The second-order valence-electron chi connectivity index (χ2n) is 5.97. The number of anilines is 1. The fraction of sp³-hybridized carbons (Fsp3) is 0.643. The summed E-state index contributed by atoms with van der Waals surface area (Å²) in [6.07, 6.45) is 6.15. The Balaban J connectivity index is 1.82. The number of hydrogen-bond acceptors (Lipinski definition) is 5. The van der Waals surface area contributed by atoms with Crippen molar-refractivity contribution in [2.24, 2.45) is 11.8 Å². The second-order valence-corrected chi connectivity index (χ2v) is 5.97. The minimum absolute atomic E-state index is 0.0609. The van der Waals surface area contributed by atoms with E-state index in [1.54, 1.807) is 6.20 Å². The van der Waals surface area contributed by atoms with Gasteiger partial charge in [0.2, 0.25) is 0 Å². The molecule has 1 saturated heterocycles. The van der Waals surface area contributed by atoms with Crippen LogP contribution in [-0.2, 0) is 0 Å². The van der Waals surface area contributed by atoms with Crippen molar-refractivity contribution in [2.75, 3.05) is 18.0 Å². The summed E-state index contributed by atoms with van der Waals surface area (Å²) in [5, 5.41) is 19.9. The molecular formula is C14H19N3O3. The predicted octanol–water partition coefficient (Wildman–Crippen LogP) is 1.16. The van der Waals surface area contributed by atoms with Crippen LogP contribution in [0, 0.1) is 11.8 Å². The molecule has 2 fully saturated rings. The van der Waals surface area contributed by atoms with Gasteiger partial charge in [0, 0.05) is 19.0 Å². The molecule has 2 aliphatic rings. The predicted molar refractivity (Wildman–Crippen MR) is 72.7 cm³/mol. The van der Waals surface area contributed by atoms with Gasteiger partial charge in [-0.3, -0.25) is 4.98 Å². The number of aromatic nitrogens is 2. The lowest BCUT2D eigenvalue weighted by molar-refractivity contribution is -0.0615. The number of hydrogen-bond donors (Lipinski definition) is 2. The molecule has 2 heterocycles. The van der Waals surface area contributed by atoms with Crippen LogP contribution >= 0.6 is 0 Å². The average Bonchev–Trinajstić information content (AvgIpc) is 2.64. The van der Waals surface area contributed by atoms with Gasteiger partial charge in [-0.1, -0.05) is 13.3 Å². The van der Waals surface area contributed by atoms with E-state index in [1.807, 2.05) is 11.8 Å². The maximum absolute atomic E-state index is 11.0. The van der Waals surface area contributed by atoms with E-state index in [2.05, 4.69) is 9.97 Å². The summed E-state index contributed by atoms with van der Waals surface area (Å²) in [6, 6.07) is 0. The summed E-state index contributed by atoms with van der Waals surface area (Å²) in [4.78, 5) is 20.9. The number of β-amino-alcohol motifs (C(OH)–C–C–N with tert-alkyl or cyclic N) is 1. The number of aromatic carboxylic acids is 1. The van der Waals surface area contributed by atoms with E-state index < -0.39 is 11.6 Å². The normalized spacial score (nSPS) is 30.3. The number of carboxylic acid groups (broad SMARTS) is 1. The highest BCUT2D eigenvalue weighted by Gasteiger charge is 2.50. The third kappa shape index (κ3) is 2.04. The largest absolute Gasteiger partial charge is 0.476 e. The molecule has 108 valence electrons. The highest BCUT2D eigenvalue weighted by molar-refractivity contribution is 5.85. The van der Waals surface area contributed by atoms with Gasteiger partial charge in [0.25, 0.3) is 0 Å². The lowest BCUT2D eigenvalue weighted by Crippen LogP contribution is -2.47. The Morgan fingerprint density at radius 2 is 2.20 bits per heavy atom. The highest BCUT2D eigenvalue weighted by Crippen LogP contribution is 2.44. The quantitative estimate of drug-likeness (QED) is 0.862. The molecule has 1 aromatic heterocycles. The molecule has 2 N–H and O–H groups in total. The molecule has 1 aromatic rings. The van der Waals surface area contributed by atoms with Crippen LogP contribution < -0.4 is 4.90 Å². The lowest BCUT2D eigenvalue weighted by atomic mass is 9.69. The zero-order valence-corrected chi connectivity index (χ0v) is 11.5. The summed E-state index contributed by atoms with van der Waals surface area (Å²) in [6.45, 7) is 3.24. The molecule has 3 rings (SSSR count). The van der Waals surface area contributed by atoms with Gasteiger partial charge in [-0.25, -0.2) is 9.78 Å². The van der Waals surface area contributed by atoms with Crippen LogP contribution in [0.5, 0.6) is 0 Å². The standard InChI is InChI=1S/C14H19N3O3/c1-9-7-17(8-14(9,20)10-3-2-4-10)12-6-15-5-11(16-12)13(18)19/h5-6,9-10,20H,2-4,7-8H2,1H3,(H,18,19)/t9-,14+/m1/s1. The van der Waals surface area contributed by atoms with Crippen molar-refractivity contribution in [1.82, 2.24) is 9.97 Å². The number of nitrogens with zero attached hydrogens (tertiary/aromatic N) is 3. The minimum Gasteiger partial charge on any atom is -0.476 e. The van der Waals surface area contributed by atoms with E-state index >= 15 is 0 Å². The van der Waals surface area contributed by atoms with Gasteiger partial charge in [-0.05, 0) is 18.8 Å². The Labute approximate surface area is 117 Å². The topological polar surface area (TPSA) is 86.6 Å². The Morgan fingerprint density at radius 1 is 1.45 bits per heavy atom. The maximum atomic E-state index is 11.0. The number of rotatable bonds is 3. The van der Waals surface area contributed by atoms with E-state index in [0.717, 1.165) is 12.8 Å². The van der Waals surface area contributed by atoms with Crippen LogP contribution in [0.25, 0.3) is 0 Å². The van der Waals surface area contributed by atoms with Gasteiger partial charge in [-0.15, -0.1) is 0 Å². The van der Waals surface area contributed by atoms with Crippen molar-refractivity contribution in [3.8, 4) is 0 Å². The SMILES string of the molecule is C[C@@H]1CN(c2cncc(C(=O)O)n2)C[C@@]1(O)C1CCC1. The van der Waals surface area contributed by atoms with Gasteiger partial charge >= 0.3 is 5.97 Å². The van der Waals surface area contributed by atoms with Crippen LogP contribution in [0.4, 0.5) is 5.82 Å². The van der Waals surface area contributed by atoms with Crippen LogP contribution in [0.2, 0.25) is 0 Å². The summed E-state index contributed by atoms with van der Waals surface area (Å²) < 4.78 is 0. The first kappa shape index (κ1) is 13.3. The molecule has 20 heavy (non-hydrogen) atoms. The molecular weight excluding hydrogens is 258 g/mol. The van der Waals surface area contributed by atoms with Crippen LogP contribution in [0.15, 0.2) is 12.4 Å². The Kier molecular flexibility index (Phi) is 3.12. The molecule has 1 aliphatic carbocycles. The van der Waals surface area contributed by atoms with Crippen molar-refractivity contribution < 1.29 is 15.0 Å². The Hall–Kier alpha value is -1.69. The van der Waals surface area contributed by atoms with Crippen molar-refractivity contribution >= 4 is 11.8 Å². The van der Waals surface area contributed by atoms with E-state index in [4.69, 9.17) is 5.11 Å². The van der Waals surface area contributed by atoms with Crippen molar-refractivity contribution in [3.05, 3.63) is 18.1 Å². The zero-order chi connectivity index (χ0) is 14.3. The first-order valence-corrected chi connectivity index (χ1v) is 7.03. The number of aliphatic hydroxyl groups is 1. The van der Waals surface area contributed by atoms with Crippen LogP contribution in [-0.4, -0.2) is 44.8 Å². The molecule has 0 amide bonds. The van der Waals surface area contributed by atoms with Gasteiger partial charge in [0.05, 0.1) is 18.0 Å². The highest BCUT2D eigenvalue weighted by atomic mass is 16.4. The van der Waals surface area contributed by atoms with Gasteiger partial charge < -0.3 is 15.1 Å². The summed E-state index contributed by atoms with van der Waals surface area (Å²) in [7, 11) is 0. The first-order chi connectivity index (χ1) is 9.50. The average molecular weight is 277 g/mol. The van der Waals surface area contributed by atoms with Crippen molar-refractivity contribution in [1.29, 1.82) is 0 Å². The van der Waals surface area contributed by atoms with Crippen molar-refractivity contribution in [3.63, 3.8) is 0 Å². The van der Waals surface area contributed by atoms with Crippen LogP contribution in [0.1, 0.15) is 36.7 Å².